The largest absolute Gasteiger partial charge is 0.439 e. The summed E-state index contributed by atoms with van der Waals surface area (Å²) < 4.78 is 29.5. The molecule has 4 aromatic carbocycles. The van der Waals surface area contributed by atoms with Crippen molar-refractivity contribution in [2.45, 2.75) is 0 Å². The summed E-state index contributed by atoms with van der Waals surface area (Å²) in [5, 5.41) is 6.57. The second-order valence-corrected chi connectivity index (χ2v) is 10.9. The van der Waals surface area contributed by atoms with Gasteiger partial charge in [-0.05, 0) is 84.9 Å². The van der Waals surface area contributed by atoms with Crippen molar-refractivity contribution in [1.82, 2.24) is 29.5 Å². The highest BCUT2D eigenvalue weighted by Crippen LogP contribution is 2.32. The van der Waals surface area contributed by atoms with Crippen molar-refractivity contribution < 1.29 is 13.9 Å². The van der Waals surface area contributed by atoms with Gasteiger partial charge in [0, 0.05) is 36.2 Å². The molecule has 48 heavy (non-hydrogen) atoms. The van der Waals surface area contributed by atoms with Crippen LogP contribution in [0.3, 0.4) is 0 Å². The molecule has 0 spiro atoms. The van der Waals surface area contributed by atoms with Crippen molar-refractivity contribution in [2.75, 3.05) is 10.6 Å². The van der Waals surface area contributed by atoms with E-state index in [1.54, 1.807) is 36.4 Å². The van der Waals surface area contributed by atoms with Crippen molar-refractivity contribution in [2.24, 2.45) is 7.05 Å². The Bertz CT molecular complexity index is 2350. The van der Waals surface area contributed by atoms with Crippen molar-refractivity contribution in [3.63, 3.8) is 0 Å². The Morgan fingerprint density at radius 1 is 0.667 bits per heavy atom. The van der Waals surface area contributed by atoms with Crippen LogP contribution in [0.2, 0.25) is 0 Å². The number of halogens is 1. The summed E-state index contributed by atoms with van der Waals surface area (Å²) in [6, 6.07) is 37.0. The smallest absolute Gasteiger partial charge is 0.256 e. The van der Waals surface area contributed by atoms with E-state index in [-0.39, 0.29) is 11.4 Å². The molecule has 0 amide bonds. The van der Waals surface area contributed by atoms with Crippen LogP contribution < -0.4 is 20.1 Å². The van der Waals surface area contributed by atoms with E-state index < -0.39 is 5.82 Å². The normalized spacial score (nSPS) is 11.1. The van der Waals surface area contributed by atoms with Crippen molar-refractivity contribution >= 4 is 45.3 Å². The Hall–Kier alpha value is -6.75. The maximum Gasteiger partial charge on any atom is 0.256 e. The van der Waals surface area contributed by atoms with Crippen LogP contribution in [0.4, 0.5) is 27.7 Å². The first-order valence-corrected chi connectivity index (χ1v) is 15.1. The maximum atomic E-state index is 15.7. The molecule has 4 heterocycles. The third kappa shape index (κ3) is 5.83. The Balaban J connectivity index is 0.940. The van der Waals surface area contributed by atoms with E-state index >= 15 is 4.39 Å². The number of ether oxygens (including phenoxy) is 2. The number of aromatic nitrogens is 6. The summed E-state index contributed by atoms with van der Waals surface area (Å²) in [4.78, 5) is 21.1. The van der Waals surface area contributed by atoms with E-state index in [0.717, 1.165) is 33.4 Å². The molecular formula is C37H27FN8O2. The zero-order valence-electron chi connectivity index (χ0n) is 25.6. The molecule has 3 N–H and O–H groups in total. The lowest BCUT2D eigenvalue weighted by molar-refractivity contribution is 0.423. The molecule has 0 atom stereocenters. The predicted molar refractivity (Wildman–Crippen MR) is 184 cm³/mol. The minimum absolute atomic E-state index is 0.163. The summed E-state index contributed by atoms with van der Waals surface area (Å²) in [5.74, 6) is 1.87. The molecular weight excluding hydrogens is 607 g/mol. The highest BCUT2D eigenvalue weighted by Gasteiger charge is 2.16. The van der Waals surface area contributed by atoms with Gasteiger partial charge in [-0.2, -0.15) is 0 Å². The number of fused-ring (bicyclic) bond motifs is 2. The van der Waals surface area contributed by atoms with Gasteiger partial charge in [-0.3, -0.25) is 0 Å². The molecule has 0 aliphatic rings. The van der Waals surface area contributed by atoms with E-state index in [9.17, 15) is 0 Å². The van der Waals surface area contributed by atoms with Crippen molar-refractivity contribution in [3.8, 4) is 34.5 Å². The average Bonchev–Trinajstić information content (AvgIpc) is 3.67. The fourth-order valence-electron chi connectivity index (χ4n) is 5.30. The molecule has 0 aliphatic heterocycles. The van der Waals surface area contributed by atoms with Gasteiger partial charge in [0.25, 0.3) is 5.88 Å². The van der Waals surface area contributed by atoms with Crippen LogP contribution in [0.25, 0.3) is 33.3 Å². The van der Waals surface area contributed by atoms with Crippen LogP contribution in [0.15, 0.2) is 128 Å². The first kappa shape index (κ1) is 28.7. The molecule has 0 aliphatic carbocycles. The van der Waals surface area contributed by atoms with Gasteiger partial charge in [0.2, 0.25) is 17.8 Å². The van der Waals surface area contributed by atoms with Gasteiger partial charge in [0.15, 0.2) is 5.82 Å². The highest BCUT2D eigenvalue weighted by atomic mass is 19.1. The number of para-hydroxylation sites is 4. The predicted octanol–water partition coefficient (Wildman–Crippen LogP) is 9.12. The first-order chi connectivity index (χ1) is 23.6. The van der Waals surface area contributed by atoms with Gasteiger partial charge in [-0.25, -0.2) is 24.3 Å². The number of anilines is 4. The Labute approximate surface area is 273 Å². The van der Waals surface area contributed by atoms with Crippen LogP contribution >= 0.6 is 0 Å². The van der Waals surface area contributed by atoms with Crippen molar-refractivity contribution in [1.29, 1.82) is 0 Å². The lowest BCUT2D eigenvalue weighted by Crippen LogP contribution is -1.99. The Kier molecular flexibility index (Phi) is 7.30. The minimum atomic E-state index is -0.634. The minimum Gasteiger partial charge on any atom is -0.439 e. The number of nitrogens with zero attached hydrogens (tertiary/aromatic N) is 5. The highest BCUT2D eigenvalue weighted by molar-refractivity contribution is 5.80. The van der Waals surface area contributed by atoms with E-state index in [4.69, 9.17) is 9.47 Å². The Morgan fingerprint density at radius 2 is 1.38 bits per heavy atom. The zero-order chi connectivity index (χ0) is 32.5. The first-order valence-electron chi connectivity index (χ1n) is 15.1. The number of aromatic amines is 1. The second kappa shape index (κ2) is 12.2. The summed E-state index contributed by atoms with van der Waals surface area (Å²) in [5.41, 5.74) is 6.01. The quantitative estimate of drug-likeness (QED) is 0.144. The average molecular weight is 635 g/mol. The number of benzene rings is 4. The van der Waals surface area contributed by atoms with Gasteiger partial charge in [-0.15, -0.1) is 0 Å². The molecule has 0 saturated heterocycles. The van der Waals surface area contributed by atoms with Crippen molar-refractivity contribution in [3.05, 3.63) is 133 Å². The lowest BCUT2D eigenvalue weighted by Gasteiger charge is -2.11. The monoisotopic (exact) mass is 634 g/mol. The maximum absolute atomic E-state index is 15.7. The van der Waals surface area contributed by atoms with Crippen LogP contribution in [0.5, 0.6) is 23.3 Å². The van der Waals surface area contributed by atoms with Gasteiger partial charge in [0.1, 0.15) is 11.5 Å². The number of hydrogen-bond acceptors (Lipinski definition) is 8. The van der Waals surface area contributed by atoms with E-state index in [1.807, 2.05) is 96.5 Å². The van der Waals surface area contributed by atoms with Crippen LogP contribution in [0.1, 0.15) is 0 Å². The van der Waals surface area contributed by atoms with Crippen LogP contribution in [0, 0.1) is 5.82 Å². The fourth-order valence-corrected chi connectivity index (χ4v) is 5.30. The number of nitrogens with one attached hydrogen (secondary N) is 3. The third-order valence-electron chi connectivity index (χ3n) is 7.70. The molecule has 0 radical (unpaired) electrons. The van der Waals surface area contributed by atoms with E-state index in [0.29, 0.717) is 35.0 Å². The topological polar surface area (TPSA) is 115 Å². The molecule has 234 valence electrons. The molecule has 0 bridgehead atoms. The van der Waals surface area contributed by atoms with E-state index in [2.05, 4.69) is 35.6 Å². The lowest BCUT2D eigenvalue weighted by atomic mass is 10.1. The van der Waals surface area contributed by atoms with E-state index in [1.165, 1.54) is 6.20 Å². The third-order valence-corrected chi connectivity index (χ3v) is 7.70. The number of imidazole rings is 2. The van der Waals surface area contributed by atoms with Gasteiger partial charge in [0.05, 0.1) is 27.8 Å². The molecule has 11 heteroatoms. The molecule has 10 nitrogen and oxygen atoms in total. The number of aryl methyl sites for hydroxylation is 1. The van der Waals surface area contributed by atoms with Crippen LogP contribution in [-0.4, -0.2) is 29.5 Å². The summed E-state index contributed by atoms with van der Waals surface area (Å²) in [7, 11) is 1.95. The summed E-state index contributed by atoms with van der Waals surface area (Å²) >= 11 is 0. The van der Waals surface area contributed by atoms with Gasteiger partial charge < -0.3 is 29.7 Å². The molecule has 8 aromatic rings. The standard InChI is InChI=1S/C37H27FN8O2/c1-46-32-11-5-4-9-31(32)45-37(46)41-24-15-19-26(20-16-24)48-35-34(38)27(21-22-39-35)28-10-6-12-33(42-28)47-25-17-13-23(14-18-25)40-36-43-29-7-2-3-8-30(29)44-36/h2-22H,1H3,(H,41,45)(H2,40,43,44). The molecule has 4 aromatic heterocycles. The van der Waals surface area contributed by atoms with Crippen LogP contribution in [-0.2, 0) is 7.05 Å². The number of H-pyrrole nitrogens is 1. The number of pyridine rings is 2. The van der Waals surface area contributed by atoms with Gasteiger partial charge >= 0.3 is 0 Å². The van der Waals surface area contributed by atoms with Gasteiger partial charge in [-0.1, -0.05) is 30.3 Å². The molecule has 0 unspecified atom stereocenters. The molecule has 0 fully saturated rings. The SMILES string of the molecule is Cn1c(Nc2ccc(Oc3nccc(-c4cccc(Oc5ccc(Nc6nc7ccccc7[nH]6)cc5)n4)c3F)cc2)nc2ccccc21. The molecule has 0 saturated carbocycles. The number of hydrogen-bond donors (Lipinski definition) is 3. The summed E-state index contributed by atoms with van der Waals surface area (Å²) in [6.07, 6.45) is 1.48. The zero-order valence-corrected chi connectivity index (χ0v) is 25.6. The fraction of sp³-hybridized carbons (Fsp3) is 0.0270. The second-order valence-electron chi connectivity index (χ2n) is 10.9. The number of rotatable bonds is 9. The summed E-state index contributed by atoms with van der Waals surface area (Å²) in [6.45, 7) is 0. The Morgan fingerprint density at radius 3 is 2.15 bits per heavy atom. The molecule has 8 rings (SSSR count).